The molecule has 0 radical (unpaired) electrons. The topological polar surface area (TPSA) is 185 Å². The van der Waals surface area contributed by atoms with Crippen LogP contribution in [0.4, 0.5) is 17.1 Å². The van der Waals surface area contributed by atoms with Gasteiger partial charge < -0.3 is 15.2 Å². The Labute approximate surface area is 178 Å². The van der Waals surface area contributed by atoms with Crippen molar-refractivity contribution in [1.82, 2.24) is 0 Å². The fourth-order valence-corrected chi connectivity index (χ4v) is 3.76. The van der Waals surface area contributed by atoms with Crippen molar-refractivity contribution in [3.8, 4) is 0 Å². The molecule has 2 rings (SSSR count). The van der Waals surface area contributed by atoms with Gasteiger partial charge in [-0.05, 0) is 32.0 Å². The molecule has 14 heteroatoms. The first kappa shape index (κ1) is 23.9. The number of benzene rings is 1. The lowest BCUT2D eigenvalue weighted by molar-refractivity contribution is -0.155. The fraction of sp³-hybridized carbons (Fsp3) is 0.235. The van der Waals surface area contributed by atoms with E-state index in [1.807, 2.05) is 0 Å². The SMILES string of the molecule is CC(=O)C1=C(O)/C(=C(\C)Nc2cc(NS(C)(=O)=O)cc(NS(C)(=O)=O)c2)C(=O)OC1=O. The van der Waals surface area contributed by atoms with Crippen molar-refractivity contribution in [3.05, 3.63) is 40.8 Å². The Kier molecular flexibility index (Phi) is 6.46. The van der Waals surface area contributed by atoms with Gasteiger partial charge in [-0.1, -0.05) is 0 Å². The molecule has 1 aliphatic rings. The van der Waals surface area contributed by atoms with E-state index >= 15 is 0 Å². The molecule has 0 saturated carbocycles. The third-order valence-electron chi connectivity index (χ3n) is 3.67. The van der Waals surface area contributed by atoms with Crippen molar-refractivity contribution in [3.63, 3.8) is 0 Å². The number of carbonyl (C=O) groups excluding carboxylic acids is 3. The quantitative estimate of drug-likeness (QED) is 0.189. The van der Waals surface area contributed by atoms with E-state index < -0.39 is 54.7 Å². The highest BCUT2D eigenvalue weighted by molar-refractivity contribution is 7.92. The van der Waals surface area contributed by atoms with Gasteiger partial charge in [-0.2, -0.15) is 0 Å². The third-order valence-corrected chi connectivity index (χ3v) is 4.88. The molecule has 0 atom stereocenters. The molecule has 0 bridgehead atoms. The van der Waals surface area contributed by atoms with Gasteiger partial charge in [0.2, 0.25) is 20.0 Å². The Morgan fingerprint density at radius 3 is 1.74 bits per heavy atom. The highest BCUT2D eigenvalue weighted by Gasteiger charge is 2.36. The van der Waals surface area contributed by atoms with Gasteiger partial charge in [-0.15, -0.1) is 0 Å². The zero-order valence-corrected chi connectivity index (χ0v) is 18.4. The van der Waals surface area contributed by atoms with Crippen molar-refractivity contribution in [2.75, 3.05) is 27.3 Å². The van der Waals surface area contributed by atoms with E-state index in [4.69, 9.17) is 0 Å². The molecule has 1 aliphatic heterocycles. The zero-order chi connectivity index (χ0) is 23.7. The maximum atomic E-state index is 12.1. The number of Topliss-reactive ketones (excluding diaryl/α,β-unsaturated/α-hetero) is 1. The average Bonchev–Trinajstić information content (AvgIpc) is 2.49. The van der Waals surface area contributed by atoms with Gasteiger partial charge in [0.05, 0.1) is 23.9 Å². The van der Waals surface area contributed by atoms with Gasteiger partial charge >= 0.3 is 11.9 Å². The number of aliphatic hydroxyl groups is 1. The summed E-state index contributed by atoms with van der Waals surface area (Å²) in [5, 5.41) is 13.0. The van der Waals surface area contributed by atoms with Gasteiger partial charge in [0, 0.05) is 11.4 Å². The molecule has 0 amide bonds. The van der Waals surface area contributed by atoms with Crippen LogP contribution in [0.25, 0.3) is 0 Å². The van der Waals surface area contributed by atoms with Crippen molar-refractivity contribution in [2.24, 2.45) is 0 Å². The third kappa shape index (κ3) is 6.29. The van der Waals surface area contributed by atoms with E-state index in [0.717, 1.165) is 19.4 Å². The van der Waals surface area contributed by atoms with Crippen LogP contribution in [0, 0.1) is 0 Å². The van der Waals surface area contributed by atoms with Gasteiger partial charge in [0.1, 0.15) is 16.9 Å². The molecule has 0 unspecified atom stereocenters. The molecule has 0 saturated heterocycles. The Morgan fingerprint density at radius 2 is 1.32 bits per heavy atom. The smallest absolute Gasteiger partial charge is 0.353 e. The van der Waals surface area contributed by atoms with Crippen LogP contribution < -0.4 is 14.8 Å². The number of sulfonamides is 2. The normalized spacial score (nSPS) is 16.5. The minimum Gasteiger partial charge on any atom is -0.506 e. The molecular formula is C17H19N3O9S2. The largest absolute Gasteiger partial charge is 0.506 e. The first-order valence-electron chi connectivity index (χ1n) is 8.37. The Balaban J connectivity index is 2.58. The monoisotopic (exact) mass is 473 g/mol. The minimum atomic E-state index is -3.71. The van der Waals surface area contributed by atoms with Crippen molar-refractivity contribution in [1.29, 1.82) is 0 Å². The molecule has 1 aromatic rings. The summed E-state index contributed by atoms with van der Waals surface area (Å²) in [6.45, 7) is 2.33. The van der Waals surface area contributed by atoms with Gasteiger partial charge in [-0.25, -0.2) is 26.4 Å². The summed E-state index contributed by atoms with van der Waals surface area (Å²) in [5.41, 5.74) is -1.18. The molecule has 12 nitrogen and oxygen atoms in total. The van der Waals surface area contributed by atoms with E-state index in [0.29, 0.717) is 0 Å². The lowest BCUT2D eigenvalue weighted by Gasteiger charge is -2.19. The number of ether oxygens (including phenoxy) is 1. The van der Waals surface area contributed by atoms with E-state index in [1.54, 1.807) is 0 Å². The van der Waals surface area contributed by atoms with Crippen LogP contribution in [0.1, 0.15) is 13.8 Å². The summed E-state index contributed by atoms with van der Waals surface area (Å²) in [6.07, 6.45) is 1.79. The second-order valence-electron chi connectivity index (χ2n) is 6.63. The summed E-state index contributed by atoms with van der Waals surface area (Å²) < 4.78 is 55.1. The first-order valence-corrected chi connectivity index (χ1v) is 12.2. The molecule has 31 heavy (non-hydrogen) atoms. The number of ketones is 1. The molecule has 0 spiro atoms. The molecule has 0 fully saturated rings. The number of hydrogen-bond donors (Lipinski definition) is 4. The number of nitrogens with one attached hydrogen (secondary N) is 3. The van der Waals surface area contributed by atoms with E-state index in [-0.39, 0.29) is 22.8 Å². The molecule has 1 aromatic carbocycles. The molecule has 168 valence electrons. The number of esters is 2. The summed E-state index contributed by atoms with van der Waals surface area (Å²) in [5.74, 6) is -4.19. The summed E-state index contributed by atoms with van der Waals surface area (Å²) in [4.78, 5) is 35.4. The first-order chi connectivity index (χ1) is 14.1. The highest BCUT2D eigenvalue weighted by Crippen LogP contribution is 2.29. The minimum absolute atomic E-state index is 0.0120. The lowest BCUT2D eigenvalue weighted by Crippen LogP contribution is -2.29. The predicted octanol–water partition coefficient (Wildman–Crippen LogP) is 0.600. The van der Waals surface area contributed by atoms with Gasteiger partial charge in [0.25, 0.3) is 0 Å². The maximum Gasteiger partial charge on any atom is 0.353 e. The standard InChI is InChI=1S/C17H19N3O9S2/c1-8(13-15(22)14(9(2)21)17(24)29-16(13)23)18-10-5-11(19-30(3,25)26)7-12(6-10)20-31(4,27)28/h5-7,18-20,22H,1-4H3/b13-8-. The van der Waals surface area contributed by atoms with Gasteiger partial charge in [0.15, 0.2) is 5.78 Å². The fourth-order valence-electron chi connectivity index (χ4n) is 2.67. The Hall–Kier alpha value is -3.39. The maximum absolute atomic E-state index is 12.1. The molecule has 1 heterocycles. The predicted molar refractivity (Wildman–Crippen MR) is 111 cm³/mol. The van der Waals surface area contributed by atoms with Gasteiger partial charge in [-0.3, -0.25) is 14.2 Å². The number of aliphatic hydroxyl groups excluding tert-OH is 1. The van der Waals surface area contributed by atoms with E-state index in [9.17, 15) is 36.3 Å². The van der Waals surface area contributed by atoms with Crippen LogP contribution in [0.2, 0.25) is 0 Å². The van der Waals surface area contributed by atoms with Crippen LogP contribution >= 0.6 is 0 Å². The van der Waals surface area contributed by atoms with Crippen molar-refractivity contribution >= 4 is 54.8 Å². The highest BCUT2D eigenvalue weighted by atomic mass is 32.2. The van der Waals surface area contributed by atoms with Crippen LogP contribution in [-0.4, -0.2) is 52.2 Å². The zero-order valence-electron chi connectivity index (χ0n) is 16.8. The number of anilines is 3. The summed E-state index contributed by atoms with van der Waals surface area (Å²) in [7, 11) is -7.41. The number of cyclic esters (lactones) is 2. The summed E-state index contributed by atoms with van der Waals surface area (Å²) in [6, 6.07) is 3.78. The number of carbonyl (C=O) groups is 3. The molecule has 0 aliphatic carbocycles. The number of allylic oxidation sites excluding steroid dienone is 1. The Bertz CT molecular complexity index is 1210. The van der Waals surface area contributed by atoms with Crippen LogP contribution in [0.3, 0.4) is 0 Å². The summed E-state index contributed by atoms with van der Waals surface area (Å²) >= 11 is 0. The van der Waals surface area contributed by atoms with Crippen molar-refractivity contribution < 1.29 is 41.1 Å². The number of hydrogen-bond acceptors (Lipinski definition) is 10. The van der Waals surface area contributed by atoms with Crippen molar-refractivity contribution in [2.45, 2.75) is 13.8 Å². The average molecular weight is 473 g/mol. The molecule has 0 aromatic heterocycles. The second kappa shape index (κ2) is 8.39. The van der Waals surface area contributed by atoms with Crippen LogP contribution in [0.5, 0.6) is 0 Å². The number of rotatable bonds is 7. The van der Waals surface area contributed by atoms with Crippen LogP contribution in [-0.2, 0) is 39.2 Å². The second-order valence-corrected chi connectivity index (χ2v) is 10.1. The van der Waals surface area contributed by atoms with E-state index in [1.165, 1.54) is 25.1 Å². The Morgan fingerprint density at radius 1 is 0.871 bits per heavy atom. The molecular weight excluding hydrogens is 454 g/mol. The lowest BCUT2D eigenvalue weighted by atomic mass is 10.0. The van der Waals surface area contributed by atoms with E-state index in [2.05, 4.69) is 19.5 Å². The molecule has 4 N–H and O–H groups in total. The van der Waals surface area contributed by atoms with Crippen LogP contribution in [0.15, 0.2) is 40.8 Å².